The predicted molar refractivity (Wildman–Crippen MR) is 46.6 cm³/mol. The molecule has 0 atom stereocenters. The third kappa shape index (κ3) is 3.32. The molecule has 0 N–H and O–H groups in total. The van der Waals surface area contributed by atoms with Gasteiger partial charge in [-0.25, -0.2) is 0 Å². The molecule has 1 aliphatic heterocycles. The molecule has 90 valence electrons. The van der Waals surface area contributed by atoms with E-state index in [1.54, 1.807) is 0 Å². The molecule has 8 heteroatoms. The zero-order chi connectivity index (χ0) is 11.7. The molecule has 0 aromatic heterocycles. The van der Waals surface area contributed by atoms with Gasteiger partial charge in [-0.2, -0.15) is 21.6 Å². The minimum Gasteiger partial charge on any atom is -0.306 e. The molecule has 15 heavy (non-hydrogen) atoms. The predicted octanol–water partition coefficient (Wildman–Crippen LogP) is 0.947. The number of alkyl halides is 3. The maximum Gasteiger partial charge on any atom is 0.523 e. The molecular formula is C7H12F3NO3S. The summed E-state index contributed by atoms with van der Waals surface area (Å²) in [5.41, 5.74) is -5.32. The number of hydrogen-bond donors (Lipinski definition) is 0. The summed E-state index contributed by atoms with van der Waals surface area (Å²) in [6, 6.07) is 0. The summed E-state index contributed by atoms with van der Waals surface area (Å²) < 4.78 is 61.2. The smallest absolute Gasteiger partial charge is 0.306 e. The molecule has 0 bridgehead atoms. The molecule has 4 nitrogen and oxygen atoms in total. The first-order valence-corrected chi connectivity index (χ1v) is 5.81. The Balaban J connectivity index is 2.56. The average molecular weight is 247 g/mol. The van der Waals surface area contributed by atoms with E-state index in [4.69, 9.17) is 0 Å². The molecule has 0 spiro atoms. The van der Waals surface area contributed by atoms with Crippen molar-refractivity contribution in [3.8, 4) is 0 Å². The molecule has 0 aliphatic carbocycles. The Bertz CT molecular complexity index is 306. The van der Waals surface area contributed by atoms with Gasteiger partial charge in [0.25, 0.3) is 0 Å². The topological polar surface area (TPSA) is 46.6 Å². The molecule has 1 rings (SSSR count). The van der Waals surface area contributed by atoms with Crippen LogP contribution in [0.3, 0.4) is 0 Å². The molecule has 1 saturated heterocycles. The van der Waals surface area contributed by atoms with E-state index in [1.165, 1.54) is 0 Å². The van der Waals surface area contributed by atoms with Gasteiger partial charge in [0, 0.05) is 13.1 Å². The van der Waals surface area contributed by atoms with Crippen molar-refractivity contribution in [1.82, 2.24) is 4.90 Å². The highest BCUT2D eigenvalue weighted by Gasteiger charge is 2.48. The molecule has 1 fully saturated rings. The average Bonchev–Trinajstić information content (AvgIpc) is 2.06. The molecule has 0 amide bonds. The molecule has 0 unspecified atom stereocenters. The summed E-state index contributed by atoms with van der Waals surface area (Å²) in [4.78, 5) is 1.90. The van der Waals surface area contributed by atoms with Gasteiger partial charge in [0.05, 0.1) is 6.10 Å². The van der Waals surface area contributed by atoms with Crippen molar-refractivity contribution in [1.29, 1.82) is 0 Å². The van der Waals surface area contributed by atoms with E-state index in [9.17, 15) is 21.6 Å². The van der Waals surface area contributed by atoms with Gasteiger partial charge in [-0.3, -0.25) is 4.18 Å². The van der Waals surface area contributed by atoms with Crippen molar-refractivity contribution in [2.24, 2.45) is 0 Å². The lowest BCUT2D eigenvalue weighted by Gasteiger charge is -2.28. The van der Waals surface area contributed by atoms with Crippen molar-refractivity contribution in [3.05, 3.63) is 0 Å². The van der Waals surface area contributed by atoms with Crippen LogP contribution in [0.5, 0.6) is 0 Å². The first-order chi connectivity index (χ1) is 6.72. The second-order valence-corrected chi connectivity index (χ2v) is 5.06. The van der Waals surface area contributed by atoms with Gasteiger partial charge in [0.15, 0.2) is 0 Å². The standard InChI is InChI=1S/C7H12F3NO3S/c1-11-4-2-6(3-5-11)14-15(12,13)7(8,9)10/h6H,2-5H2,1H3. The lowest BCUT2D eigenvalue weighted by atomic mass is 10.1. The zero-order valence-corrected chi connectivity index (χ0v) is 8.94. The van der Waals surface area contributed by atoms with Crippen LogP contribution in [0.2, 0.25) is 0 Å². The van der Waals surface area contributed by atoms with Gasteiger partial charge >= 0.3 is 15.6 Å². The van der Waals surface area contributed by atoms with E-state index in [-0.39, 0.29) is 0 Å². The van der Waals surface area contributed by atoms with E-state index in [0.29, 0.717) is 25.9 Å². The lowest BCUT2D eigenvalue weighted by Crippen LogP contribution is -2.38. The van der Waals surface area contributed by atoms with Gasteiger partial charge in [-0.1, -0.05) is 0 Å². The maximum atomic E-state index is 11.9. The van der Waals surface area contributed by atoms with Gasteiger partial charge < -0.3 is 4.90 Å². The summed E-state index contributed by atoms with van der Waals surface area (Å²) in [5, 5.41) is 0. The van der Waals surface area contributed by atoms with Crippen LogP contribution in [0.1, 0.15) is 12.8 Å². The highest BCUT2D eigenvalue weighted by molar-refractivity contribution is 7.87. The Hall–Kier alpha value is -0.340. The number of halogens is 3. The zero-order valence-electron chi connectivity index (χ0n) is 8.12. The normalized spacial score (nSPS) is 21.9. The largest absolute Gasteiger partial charge is 0.523 e. The molecule has 0 radical (unpaired) electrons. The van der Waals surface area contributed by atoms with Crippen molar-refractivity contribution in [3.63, 3.8) is 0 Å². The summed E-state index contributed by atoms with van der Waals surface area (Å²) >= 11 is 0. The second-order valence-electron chi connectivity index (χ2n) is 3.50. The van der Waals surface area contributed by atoms with Crippen LogP contribution in [0.4, 0.5) is 13.2 Å². The van der Waals surface area contributed by atoms with Gasteiger partial charge in [0.1, 0.15) is 0 Å². The van der Waals surface area contributed by atoms with E-state index in [1.807, 2.05) is 11.9 Å². The fourth-order valence-electron chi connectivity index (χ4n) is 1.31. The van der Waals surface area contributed by atoms with E-state index in [2.05, 4.69) is 4.18 Å². The van der Waals surface area contributed by atoms with Crippen LogP contribution in [0.15, 0.2) is 0 Å². The Morgan fingerprint density at radius 3 is 2.13 bits per heavy atom. The Kier molecular flexibility index (Phi) is 3.62. The molecule has 0 aromatic carbocycles. The third-order valence-electron chi connectivity index (χ3n) is 2.21. The van der Waals surface area contributed by atoms with Gasteiger partial charge in [0.2, 0.25) is 0 Å². The molecular weight excluding hydrogens is 235 g/mol. The fraction of sp³-hybridized carbons (Fsp3) is 1.00. The minimum atomic E-state index is -5.43. The van der Waals surface area contributed by atoms with Crippen LogP contribution >= 0.6 is 0 Å². The van der Waals surface area contributed by atoms with Crippen LogP contribution in [-0.4, -0.2) is 45.1 Å². The summed E-state index contributed by atoms with van der Waals surface area (Å²) in [6.45, 7) is 1.08. The van der Waals surface area contributed by atoms with Crippen LogP contribution in [0, 0.1) is 0 Å². The number of likely N-dealkylation sites (tertiary alicyclic amines) is 1. The van der Waals surface area contributed by atoms with Crippen molar-refractivity contribution in [2.75, 3.05) is 20.1 Å². The second kappa shape index (κ2) is 4.26. The molecule has 1 heterocycles. The first-order valence-electron chi connectivity index (χ1n) is 4.40. The number of piperidine rings is 1. The number of hydrogen-bond acceptors (Lipinski definition) is 4. The summed E-state index contributed by atoms with van der Waals surface area (Å²) in [5.74, 6) is 0. The quantitative estimate of drug-likeness (QED) is 0.538. The Labute approximate surface area is 86.1 Å². The third-order valence-corrected chi connectivity index (χ3v) is 3.30. The number of nitrogens with zero attached hydrogens (tertiary/aromatic N) is 1. The van der Waals surface area contributed by atoms with Crippen LogP contribution in [0.25, 0.3) is 0 Å². The Morgan fingerprint density at radius 2 is 1.73 bits per heavy atom. The molecule has 1 aliphatic rings. The first kappa shape index (κ1) is 12.7. The Morgan fingerprint density at radius 1 is 1.27 bits per heavy atom. The highest BCUT2D eigenvalue weighted by atomic mass is 32.2. The summed E-state index contributed by atoms with van der Waals surface area (Å²) in [7, 11) is -3.62. The number of rotatable bonds is 2. The van der Waals surface area contributed by atoms with Crippen LogP contribution in [-0.2, 0) is 14.3 Å². The van der Waals surface area contributed by atoms with Crippen LogP contribution < -0.4 is 0 Å². The van der Waals surface area contributed by atoms with Crippen molar-refractivity contribution < 1.29 is 25.8 Å². The fourth-order valence-corrected chi connectivity index (χ4v) is 1.97. The molecule has 0 aromatic rings. The summed E-state index contributed by atoms with van der Waals surface area (Å²) in [6.07, 6.45) is -0.259. The maximum absolute atomic E-state index is 11.9. The molecule has 0 saturated carbocycles. The van der Waals surface area contributed by atoms with E-state index < -0.39 is 21.7 Å². The van der Waals surface area contributed by atoms with Gasteiger partial charge in [-0.05, 0) is 19.9 Å². The van der Waals surface area contributed by atoms with E-state index >= 15 is 0 Å². The van der Waals surface area contributed by atoms with Crippen molar-refractivity contribution in [2.45, 2.75) is 24.5 Å². The van der Waals surface area contributed by atoms with E-state index in [0.717, 1.165) is 0 Å². The SMILES string of the molecule is CN1CCC(OS(=O)(=O)C(F)(F)F)CC1. The van der Waals surface area contributed by atoms with Gasteiger partial charge in [-0.15, -0.1) is 0 Å². The minimum absolute atomic E-state index is 0.297. The monoisotopic (exact) mass is 247 g/mol. The van der Waals surface area contributed by atoms with Crippen molar-refractivity contribution >= 4 is 10.1 Å². The highest BCUT2D eigenvalue weighted by Crippen LogP contribution is 2.27. The lowest BCUT2D eigenvalue weighted by molar-refractivity contribution is -0.0591.